The van der Waals surface area contributed by atoms with Crippen LogP contribution in [0.3, 0.4) is 0 Å². The lowest BCUT2D eigenvalue weighted by molar-refractivity contribution is 0.183. The van der Waals surface area contributed by atoms with Gasteiger partial charge in [-0.15, -0.1) is 0 Å². The zero-order valence-corrected chi connectivity index (χ0v) is 8.84. The van der Waals surface area contributed by atoms with Crippen LogP contribution in [0.5, 0.6) is 0 Å². The first-order valence-corrected chi connectivity index (χ1v) is 5.35. The van der Waals surface area contributed by atoms with Crippen molar-refractivity contribution in [2.75, 3.05) is 30.4 Å². The molecule has 4 nitrogen and oxygen atoms in total. The molecule has 1 aromatic heterocycles. The number of anilines is 2. The molecule has 2 N–H and O–H groups in total. The highest BCUT2D eigenvalue weighted by Crippen LogP contribution is 2.32. The van der Waals surface area contributed by atoms with E-state index in [1.165, 1.54) is 0 Å². The summed E-state index contributed by atoms with van der Waals surface area (Å²) < 4.78 is 5.45. The Kier molecular flexibility index (Phi) is 1.85. The van der Waals surface area contributed by atoms with E-state index in [1.54, 1.807) is 0 Å². The molecule has 0 saturated carbocycles. The van der Waals surface area contributed by atoms with Gasteiger partial charge in [0.15, 0.2) is 0 Å². The second kappa shape index (κ2) is 3.10. The Hall–Kier alpha value is -1.29. The molecule has 2 aliphatic heterocycles. The molecule has 0 radical (unpaired) electrons. The van der Waals surface area contributed by atoms with Crippen LogP contribution in [0.4, 0.5) is 11.5 Å². The molecular weight excluding hydrogens is 190 g/mol. The quantitative estimate of drug-likeness (QED) is 0.672. The van der Waals surface area contributed by atoms with Crippen LogP contribution >= 0.6 is 0 Å². The normalized spacial score (nSPS) is 28.3. The van der Waals surface area contributed by atoms with Gasteiger partial charge in [0.25, 0.3) is 0 Å². The van der Waals surface area contributed by atoms with E-state index in [1.807, 2.05) is 13.0 Å². The summed E-state index contributed by atoms with van der Waals surface area (Å²) in [6, 6.07) is 4.10. The Balaban J connectivity index is 1.94. The van der Waals surface area contributed by atoms with Gasteiger partial charge in [-0.05, 0) is 25.5 Å². The molecule has 4 heteroatoms. The van der Waals surface area contributed by atoms with Crippen molar-refractivity contribution in [2.45, 2.75) is 18.9 Å². The number of hydrogen-bond acceptors (Lipinski definition) is 4. The molecule has 0 aliphatic carbocycles. The average Bonchev–Trinajstić information content (AvgIpc) is 2.66. The van der Waals surface area contributed by atoms with E-state index in [4.69, 9.17) is 4.74 Å². The molecule has 1 spiro atoms. The fraction of sp³-hybridized carbons (Fsp3) is 0.545. The maximum atomic E-state index is 5.45. The van der Waals surface area contributed by atoms with Gasteiger partial charge in [-0.1, -0.05) is 0 Å². The number of aryl methyl sites for hydroxylation is 1. The summed E-state index contributed by atoms with van der Waals surface area (Å²) in [5.41, 5.74) is 2.20. The summed E-state index contributed by atoms with van der Waals surface area (Å²) >= 11 is 0. The third-order valence-electron chi connectivity index (χ3n) is 3.14. The second-order valence-corrected chi connectivity index (χ2v) is 4.41. The standard InChI is InChI=1S/C11H15N3O/c1-8-2-3-9-10(13-8)14-11(6-12-9)4-5-15-7-11/h2-3,12H,4-7H2,1H3,(H,13,14). The molecule has 0 amide bonds. The Morgan fingerprint density at radius 3 is 3.20 bits per heavy atom. The van der Waals surface area contributed by atoms with Crippen molar-refractivity contribution in [2.24, 2.45) is 0 Å². The van der Waals surface area contributed by atoms with Crippen molar-refractivity contribution < 1.29 is 4.74 Å². The van der Waals surface area contributed by atoms with Crippen molar-refractivity contribution in [3.8, 4) is 0 Å². The molecule has 0 aromatic carbocycles. The van der Waals surface area contributed by atoms with Crippen LogP contribution in [-0.4, -0.2) is 30.3 Å². The number of nitrogens with one attached hydrogen (secondary N) is 2. The van der Waals surface area contributed by atoms with E-state index in [0.717, 1.165) is 43.4 Å². The maximum absolute atomic E-state index is 5.45. The van der Waals surface area contributed by atoms with E-state index in [2.05, 4.69) is 21.7 Å². The number of aromatic nitrogens is 1. The summed E-state index contributed by atoms with van der Waals surface area (Å²) in [5.74, 6) is 0.965. The maximum Gasteiger partial charge on any atom is 0.150 e. The Bertz CT molecular complexity index is 385. The number of fused-ring (bicyclic) bond motifs is 1. The van der Waals surface area contributed by atoms with Gasteiger partial charge in [-0.2, -0.15) is 0 Å². The van der Waals surface area contributed by atoms with E-state index < -0.39 is 0 Å². The van der Waals surface area contributed by atoms with Crippen molar-refractivity contribution in [1.29, 1.82) is 0 Å². The van der Waals surface area contributed by atoms with Gasteiger partial charge in [-0.3, -0.25) is 0 Å². The van der Waals surface area contributed by atoms with Gasteiger partial charge in [0.2, 0.25) is 0 Å². The van der Waals surface area contributed by atoms with Crippen LogP contribution in [0.2, 0.25) is 0 Å². The van der Waals surface area contributed by atoms with E-state index in [0.29, 0.717) is 0 Å². The summed E-state index contributed by atoms with van der Waals surface area (Å²) in [7, 11) is 0. The van der Waals surface area contributed by atoms with Gasteiger partial charge >= 0.3 is 0 Å². The average molecular weight is 205 g/mol. The highest BCUT2D eigenvalue weighted by atomic mass is 16.5. The molecule has 80 valence electrons. The minimum Gasteiger partial charge on any atom is -0.380 e. The largest absolute Gasteiger partial charge is 0.380 e. The fourth-order valence-corrected chi connectivity index (χ4v) is 2.20. The first kappa shape index (κ1) is 8.97. The van der Waals surface area contributed by atoms with Crippen molar-refractivity contribution in [1.82, 2.24) is 4.98 Å². The highest BCUT2D eigenvalue weighted by Gasteiger charge is 2.38. The third-order valence-corrected chi connectivity index (χ3v) is 3.14. The first-order chi connectivity index (χ1) is 7.27. The van der Waals surface area contributed by atoms with Crippen molar-refractivity contribution in [3.63, 3.8) is 0 Å². The lowest BCUT2D eigenvalue weighted by Gasteiger charge is -2.35. The second-order valence-electron chi connectivity index (χ2n) is 4.41. The highest BCUT2D eigenvalue weighted by molar-refractivity contribution is 5.68. The Labute approximate surface area is 89.0 Å². The van der Waals surface area contributed by atoms with Gasteiger partial charge in [0, 0.05) is 18.8 Å². The van der Waals surface area contributed by atoms with Crippen LogP contribution in [-0.2, 0) is 4.74 Å². The van der Waals surface area contributed by atoms with Gasteiger partial charge in [0.1, 0.15) is 5.82 Å². The van der Waals surface area contributed by atoms with E-state index in [-0.39, 0.29) is 5.54 Å². The molecule has 1 fully saturated rings. The predicted molar refractivity (Wildman–Crippen MR) is 59.3 cm³/mol. The van der Waals surface area contributed by atoms with Crippen LogP contribution in [0.25, 0.3) is 0 Å². The third kappa shape index (κ3) is 1.45. The van der Waals surface area contributed by atoms with Gasteiger partial charge < -0.3 is 15.4 Å². The summed E-state index contributed by atoms with van der Waals surface area (Å²) in [6.45, 7) is 4.55. The van der Waals surface area contributed by atoms with Crippen LogP contribution in [0.1, 0.15) is 12.1 Å². The molecular formula is C11H15N3O. The molecule has 1 aromatic rings. The molecule has 0 bridgehead atoms. The number of ether oxygens (including phenoxy) is 1. The molecule has 1 saturated heterocycles. The number of rotatable bonds is 0. The van der Waals surface area contributed by atoms with Crippen LogP contribution in [0.15, 0.2) is 12.1 Å². The Morgan fingerprint density at radius 1 is 1.47 bits per heavy atom. The minimum atomic E-state index is 0.0633. The molecule has 15 heavy (non-hydrogen) atoms. The number of nitrogens with zero attached hydrogens (tertiary/aromatic N) is 1. The van der Waals surface area contributed by atoms with Gasteiger partial charge in [0.05, 0.1) is 17.8 Å². The summed E-state index contributed by atoms with van der Waals surface area (Å²) in [5, 5.41) is 6.93. The number of hydrogen-bond donors (Lipinski definition) is 2. The number of pyridine rings is 1. The monoisotopic (exact) mass is 205 g/mol. The zero-order valence-electron chi connectivity index (χ0n) is 8.84. The fourth-order valence-electron chi connectivity index (χ4n) is 2.20. The smallest absolute Gasteiger partial charge is 0.150 e. The molecule has 2 aliphatic rings. The molecule has 1 unspecified atom stereocenters. The van der Waals surface area contributed by atoms with Crippen molar-refractivity contribution >= 4 is 11.5 Å². The van der Waals surface area contributed by atoms with Crippen LogP contribution < -0.4 is 10.6 Å². The van der Waals surface area contributed by atoms with E-state index >= 15 is 0 Å². The lowest BCUT2D eigenvalue weighted by atomic mass is 9.96. The first-order valence-electron chi connectivity index (χ1n) is 5.35. The van der Waals surface area contributed by atoms with E-state index in [9.17, 15) is 0 Å². The predicted octanol–water partition coefficient (Wildman–Crippen LogP) is 1.39. The molecule has 3 heterocycles. The molecule has 3 rings (SSSR count). The topological polar surface area (TPSA) is 46.2 Å². The van der Waals surface area contributed by atoms with Crippen LogP contribution in [0, 0.1) is 6.92 Å². The SMILES string of the molecule is Cc1ccc2c(n1)NC1(CCOC1)CN2. The Morgan fingerprint density at radius 2 is 2.40 bits per heavy atom. The van der Waals surface area contributed by atoms with Gasteiger partial charge in [-0.25, -0.2) is 4.98 Å². The molecule has 1 atom stereocenters. The lowest BCUT2D eigenvalue weighted by Crippen LogP contribution is -2.48. The summed E-state index contributed by atoms with van der Waals surface area (Å²) in [4.78, 5) is 4.50. The zero-order chi connectivity index (χ0) is 10.3. The minimum absolute atomic E-state index is 0.0633. The summed E-state index contributed by atoms with van der Waals surface area (Å²) in [6.07, 6.45) is 1.05. The van der Waals surface area contributed by atoms with Crippen molar-refractivity contribution in [3.05, 3.63) is 17.8 Å².